The molecule has 4 rings (SSSR count). The van der Waals surface area contributed by atoms with Crippen LogP contribution in [-0.2, 0) is 9.53 Å². The molecular formula is C24H26N4O6S. The van der Waals surface area contributed by atoms with Gasteiger partial charge in [-0.1, -0.05) is 36.7 Å². The molecule has 2 amide bonds. The fraction of sp³-hybridized carbons (Fsp3) is 0.375. The van der Waals surface area contributed by atoms with Crippen molar-refractivity contribution in [3.05, 3.63) is 51.5 Å². The monoisotopic (exact) mass is 498 g/mol. The second-order valence-electron chi connectivity index (χ2n) is 8.18. The van der Waals surface area contributed by atoms with E-state index < -0.39 is 17.8 Å². The molecule has 2 aromatic heterocycles. The zero-order chi connectivity index (χ0) is 25.1. The van der Waals surface area contributed by atoms with Crippen molar-refractivity contribution in [2.45, 2.75) is 50.7 Å². The van der Waals surface area contributed by atoms with E-state index >= 15 is 0 Å². The van der Waals surface area contributed by atoms with Gasteiger partial charge in [-0.15, -0.1) is 0 Å². The van der Waals surface area contributed by atoms with E-state index in [1.807, 2.05) is 6.07 Å². The number of aryl methyl sites for hydroxylation is 1. The number of benzene rings is 1. The highest BCUT2D eigenvalue weighted by molar-refractivity contribution is 7.99. The second-order valence-corrected chi connectivity index (χ2v) is 9.13. The van der Waals surface area contributed by atoms with Gasteiger partial charge in [0.15, 0.2) is 5.16 Å². The molecule has 0 radical (unpaired) electrons. The number of ether oxygens (including phenoxy) is 1. The number of anilines is 1. The fourth-order valence-electron chi connectivity index (χ4n) is 4.32. The van der Waals surface area contributed by atoms with Crippen LogP contribution in [0.15, 0.2) is 38.6 Å². The van der Waals surface area contributed by atoms with Gasteiger partial charge in [0.1, 0.15) is 16.9 Å². The predicted octanol–water partition coefficient (Wildman–Crippen LogP) is 3.42. The van der Waals surface area contributed by atoms with Gasteiger partial charge in [-0.25, -0.2) is 9.78 Å². The summed E-state index contributed by atoms with van der Waals surface area (Å²) in [6.07, 6.45) is 3.82. The molecule has 0 bridgehead atoms. The Hall–Kier alpha value is -3.60. The highest BCUT2D eigenvalue weighted by Gasteiger charge is 2.29. The maximum absolute atomic E-state index is 13.2. The lowest BCUT2D eigenvalue weighted by Gasteiger charge is -2.18. The molecule has 1 aliphatic rings. The highest BCUT2D eigenvalue weighted by Crippen LogP contribution is 2.32. The topological polar surface area (TPSA) is 147 Å². The summed E-state index contributed by atoms with van der Waals surface area (Å²) in [6, 6.07) is 7.16. The summed E-state index contributed by atoms with van der Waals surface area (Å²) >= 11 is 1.12. The Kier molecular flexibility index (Phi) is 7.25. The molecule has 0 atom stereocenters. The average Bonchev–Trinajstić information content (AvgIpc) is 3.45. The smallest absolute Gasteiger partial charge is 0.342 e. The highest BCUT2D eigenvalue weighted by atomic mass is 32.2. The number of hydrogen-bond donors (Lipinski definition) is 2. The lowest BCUT2D eigenvalue weighted by Crippen LogP contribution is -2.27. The Morgan fingerprint density at radius 2 is 1.94 bits per heavy atom. The zero-order valence-corrected chi connectivity index (χ0v) is 20.3. The van der Waals surface area contributed by atoms with Gasteiger partial charge < -0.3 is 14.9 Å². The molecule has 2 heterocycles. The number of carbonyl (C=O) groups excluding carboxylic acids is 3. The molecular weight excluding hydrogens is 472 g/mol. The second kappa shape index (κ2) is 10.3. The summed E-state index contributed by atoms with van der Waals surface area (Å²) in [7, 11) is 0. The summed E-state index contributed by atoms with van der Waals surface area (Å²) < 4.78 is 12.1. The van der Waals surface area contributed by atoms with E-state index in [2.05, 4.69) is 10.3 Å². The van der Waals surface area contributed by atoms with Gasteiger partial charge in [0.05, 0.1) is 23.3 Å². The number of fused-ring (bicyclic) bond motifs is 1. The Morgan fingerprint density at radius 3 is 2.63 bits per heavy atom. The lowest BCUT2D eigenvalue weighted by molar-refractivity contribution is -0.113. The van der Waals surface area contributed by atoms with E-state index in [1.54, 1.807) is 29.7 Å². The number of carbonyl (C=O) groups is 3. The maximum Gasteiger partial charge on any atom is 0.342 e. The van der Waals surface area contributed by atoms with Gasteiger partial charge in [-0.2, -0.15) is 0 Å². The normalized spacial score (nSPS) is 13.8. The molecule has 1 aromatic carbocycles. The Bertz CT molecular complexity index is 1360. The summed E-state index contributed by atoms with van der Waals surface area (Å²) in [4.78, 5) is 55.0. The van der Waals surface area contributed by atoms with Crippen LogP contribution < -0.4 is 16.6 Å². The van der Waals surface area contributed by atoms with E-state index in [0.717, 1.165) is 37.4 Å². The van der Waals surface area contributed by atoms with Crippen molar-refractivity contribution < 1.29 is 23.5 Å². The number of nitrogens with two attached hydrogens (primary N) is 1. The number of furan rings is 1. The molecule has 184 valence electrons. The number of hydrogen-bond acceptors (Lipinski definition) is 8. The zero-order valence-electron chi connectivity index (χ0n) is 19.5. The minimum absolute atomic E-state index is 0.0338. The number of esters is 1. The number of primary amides is 1. The van der Waals surface area contributed by atoms with Crippen molar-refractivity contribution in [1.29, 1.82) is 0 Å². The van der Waals surface area contributed by atoms with Gasteiger partial charge >= 0.3 is 5.97 Å². The van der Waals surface area contributed by atoms with Gasteiger partial charge in [0, 0.05) is 6.04 Å². The number of nitrogens with zero attached hydrogens (tertiary/aromatic N) is 2. The molecule has 1 fully saturated rings. The van der Waals surface area contributed by atoms with Crippen LogP contribution in [0, 0.1) is 6.92 Å². The molecule has 1 aliphatic carbocycles. The quantitative estimate of drug-likeness (QED) is 0.273. The van der Waals surface area contributed by atoms with E-state index in [-0.39, 0.29) is 46.7 Å². The van der Waals surface area contributed by atoms with Crippen LogP contribution in [0.1, 0.15) is 65.1 Å². The van der Waals surface area contributed by atoms with Crippen LogP contribution in [0.2, 0.25) is 0 Å². The number of thioether (sulfide) groups is 1. The van der Waals surface area contributed by atoms with Crippen molar-refractivity contribution in [3.8, 4) is 0 Å². The van der Waals surface area contributed by atoms with Gasteiger partial charge in [0.2, 0.25) is 11.8 Å². The minimum atomic E-state index is -0.931. The minimum Gasteiger partial charge on any atom is -0.462 e. The Labute approximate surface area is 205 Å². The predicted molar refractivity (Wildman–Crippen MR) is 131 cm³/mol. The van der Waals surface area contributed by atoms with Crippen LogP contribution in [-0.4, -0.2) is 39.7 Å². The molecule has 35 heavy (non-hydrogen) atoms. The summed E-state index contributed by atoms with van der Waals surface area (Å²) in [6.45, 7) is 3.20. The molecule has 1 saturated carbocycles. The van der Waals surface area contributed by atoms with Crippen molar-refractivity contribution in [1.82, 2.24) is 9.55 Å². The van der Waals surface area contributed by atoms with E-state index in [4.69, 9.17) is 14.9 Å². The molecule has 10 nitrogen and oxygen atoms in total. The van der Waals surface area contributed by atoms with Gasteiger partial charge in [-0.05, 0) is 38.8 Å². The van der Waals surface area contributed by atoms with E-state index in [0.29, 0.717) is 16.1 Å². The number of rotatable bonds is 8. The van der Waals surface area contributed by atoms with E-state index in [1.165, 1.54) is 6.92 Å². The maximum atomic E-state index is 13.2. The molecule has 11 heteroatoms. The number of amides is 2. The van der Waals surface area contributed by atoms with Crippen molar-refractivity contribution in [3.63, 3.8) is 0 Å². The standard InChI is InChI=1S/C24H26N4O6S/c1-3-33-23(32)18-13(2)34-21(19(18)20(25)30)27-17(29)12-35-24-26-16-11-7-6-10-15(16)22(31)28(24)14-8-4-5-9-14/h6-7,10-11,14H,3-5,8-9,12H2,1-2H3,(H2,25,30)(H,27,29). The first-order chi connectivity index (χ1) is 16.8. The Balaban J connectivity index is 1.59. The number of para-hydroxylation sites is 1. The summed E-state index contributed by atoms with van der Waals surface area (Å²) in [5.74, 6) is -2.43. The fourth-order valence-corrected chi connectivity index (χ4v) is 5.19. The molecule has 3 aromatic rings. The van der Waals surface area contributed by atoms with Crippen LogP contribution in [0.25, 0.3) is 10.9 Å². The first-order valence-corrected chi connectivity index (χ1v) is 12.3. The first kappa shape index (κ1) is 24.5. The third-order valence-electron chi connectivity index (χ3n) is 5.86. The molecule has 0 saturated heterocycles. The van der Waals surface area contributed by atoms with Gasteiger partial charge in [0.25, 0.3) is 11.5 Å². The van der Waals surface area contributed by atoms with E-state index in [9.17, 15) is 19.2 Å². The largest absolute Gasteiger partial charge is 0.462 e. The average molecular weight is 499 g/mol. The van der Waals surface area contributed by atoms with Crippen LogP contribution in [0.5, 0.6) is 0 Å². The van der Waals surface area contributed by atoms with Crippen LogP contribution >= 0.6 is 11.8 Å². The first-order valence-electron chi connectivity index (χ1n) is 11.4. The molecule has 3 N–H and O–H groups in total. The van der Waals surface area contributed by atoms with Crippen molar-refractivity contribution in [2.75, 3.05) is 17.7 Å². The third kappa shape index (κ3) is 4.95. The van der Waals surface area contributed by atoms with Crippen LogP contribution in [0.4, 0.5) is 5.88 Å². The molecule has 0 aliphatic heterocycles. The lowest BCUT2D eigenvalue weighted by atomic mass is 10.1. The molecule has 0 spiro atoms. The van der Waals surface area contributed by atoms with Crippen LogP contribution in [0.3, 0.4) is 0 Å². The van der Waals surface area contributed by atoms with Gasteiger partial charge in [-0.3, -0.25) is 24.3 Å². The summed E-state index contributed by atoms with van der Waals surface area (Å²) in [5.41, 5.74) is 5.53. The number of aromatic nitrogens is 2. The van der Waals surface area contributed by atoms with Crippen molar-refractivity contribution >= 4 is 46.3 Å². The number of nitrogens with one attached hydrogen (secondary N) is 1. The molecule has 0 unspecified atom stereocenters. The SMILES string of the molecule is CCOC(=O)c1c(C)oc(NC(=O)CSc2nc3ccccc3c(=O)n2C2CCCC2)c1C(N)=O. The van der Waals surface area contributed by atoms with Crippen molar-refractivity contribution in [2.24, 2.45) is 5.73 Å². The Morgan fingerprint density at radius 1 is 1.23 bits per heavy atom. The summed E-state index contributed by atoms with van der Waals surface area (Å²) in [5, 5.41) is 3.50. The third-order valence-corrected chi connectivity index (χ3v) is 6.81.